The molecule has 0 N–H and O–H groups in total. The van der Waals surface area contributed by atoms with Gasteiger partial charge in [0.25, 0.3) is 0 Å². The lowest BCUT2D eigenvalue weighted by atomic mass is 10.3. The van der Waals surface area contributed by atoms with Crippen LogP contribution in [0.4, 0.5) is 13.2 Å². The Morgan fingerprint density at radius 1 is 1.21 bits per heavy atom. The minimum atomic E-state index is -1.35. The predicted molar refractivity (Wildman–Crippen MR) is 42.1 cm³/mol. The van der Waals surface area contributed by atoms with Crippen LogP contribution in [0.25, 0.3) is 0 Å². The van der Waals surface area contributed by atoms with Gasteiger partial charge in [-0.25, -0.2) is 18.0 Å². The molecule has 0 spiro atoms. The van der Waals surface area contributed by atoms with Gasteiger partial charge in [0.05, 0.1) is 0 Å². The molecular formula is C9H5F3O2. The van der Waals surface area contributed by atoms with Crippen molar-refractivity contribution < 1.29 is 22.7 Å². The van der Waals surface area contributed by atoms with Crippen molar-refractivity contribution in [3.8, 4) is 5.75 Å². The van der Waals surface area contributed by atoms with Gasteiger partial charge in [-0.1, -0.05) is 6.58 Å². The van der Waals surface area contributed by atoms with E-state index in [0.29, 0.717) is 12.1 Å². The zero-order chi connectivity index (χ0) is 10.7. The number of hydrogen-bond acceptors (Lipinski definition) is 2. The fourth-order valence-electron chi connectivity index (χ4n) is 0.733. The Morgan fingerprint density at radius 2 is 1.79 bits per heavy atom. The van der Waals surface area contributed by atoms with E-state index in [1.165, 1.54) is 0 Å². The number of esters is 1. The molecule has 5 heteroatoms. The molecule has 0 saturated carbocycles. The minimum Gasteiger partial charge on any atom is -0.420 e. The molecule has 0 aliphatic rings. The normalized spacial score (nSPS) is 9.64. The van der Waals surface area contributed by atoms with Crippen LogP contribution in [0.5, 0.6) is 5.75 Å². The highest BCUT2D eigenvalue weighted by Gasteiger charge is 2.12. The molecule has 2 nitrogen and oxygen atoms in total. The number of halogens is 3. The Bertz CT molecular complexity index is 388. The minimum absolute atomic E-state index is 0.293. The monoisotopic (exact) mass is 202 g/mol. The molecule has 0 aliphatic carbocycles. The van der Waals surface area contributed by atoms with Gasteiger partial charge in [0, 0.05) is 18.2 Å². The lowest BCUT2D eigenvalue weighted by Crippen LogP contribution is -2.05. The Balaban J connectivity index is 3.03. The summed E-state index contributed by atoms with van der Waals surface area (Å²) >= 11 is 0. The van der Waals surface area contributed by atoms with Gasteiger partial charge < -0.3 is 4.74 Å². The number of ether oxygens (including phenoxy) is 1. The summed E-state index contributed by atoms with van der Waals surface area (Å²) in [7, 11) is 0. The van der Waals surface area contributed by atoms with Crippen molar-refractivity contribution in [2.75, 3.05) is 0 Å². The van der Waals surface area contributed by atoms with Crippen molar-refractivity contribution in [1.82, 2.24) is 0 Å². The van der Waals surface area contributed by atoms with Gasteiger partial charge in [-0.15, -0.1) is 0 Å². The van der Waals surface area contributed by atoms with E-state index < -0.39 is 29.2 Å². The highest BCUT2D eigenvalue weighted by atomic mass is 19.2. The molecule has 0 radical (unpaired) electrons. The van der Waals surface area contributed by atoms with E-state index in [-0.39, 0.29) is 0 Å². The van der Waals surface area contributed by atoms with Crippen molar-refractivity contribution in [2.24, 2.45) is 0 Å². The van der Waals surface area contributed by atoms with E-state index in [0.717, 1.165) is 6.08 Å². The zero-order valence-electron chi connectivity index (χ0n) is 6.89. The first-order valence-corrected chi connectivity index (χ1v) is 3.53. The predicted octanol–water partition coefficient (Wildman–Crippen LogP) is 2.20. The maximum atomic E-state index is 12.8. The van der Waals surface area contributed by atoms with Crippen LogP contribution in [0.3, 0.4) is 0 Å². The molecule has 1 aromatic rings. The molecule has 14 heavy (non-hydrogen) atoms. The molecule has 0 unspecified atom stereocenters. The summed E-state index contributed by atoms with van der Waals surface area (Å²) in [6.07, 6.45) is 0.778. The number of rotatable bonds is 2. The van der Waals surface area contributed by atoms with Gasteiger partial charge in [-0.3, -0.25) is 0 Å². The summed E-state index contributed by atoms with van der Waals surface area (Å²) in [4.78, 5) is 10.6. The molecule has 0 bridgehead atoms. The average Bonchev–Trinajstić information content (AvgIpc) is 2.14. The van der Waals surface area contributed by atoms with Crippen LogP contribution >= 0.6 is 0 Å². The zero-order valence-corrected chi connectivity index (χ0v) is 6.89. The maximum Gasteiger partial charge on any atom is 0.335 e. The smallest absolute Gasteiger partial charge is 0.335 e. The molecule has 0 amide bonds. The van der Waals surface area contributed by atoms with Crippen LogP contribution in [0.15, 0.2) is 24.8 Å². The third kappa shape index (κ3) is 2.12. The van der Waals surface area contributed by atoms with Crippen LogP contribution in [-0.4, -0.2) is 5.97 Å². The summed E-state index contributed by atoms with van der Waals surface area (Å²) in [6.45, 7) is 3.06. The first kappa shape index (κ1) is 10.3. The van der Waals surface area contributed by atoms with Crippen molar-refractivity contribution in [2.45, 2.75) is 0 Å². The van der Waals surface area contributed by atoms with Crippen molar-refractivity contribution in [3.05, 3.63) is 42.2 Å². The molecule has 0 aromatic heterocycles. The van der Waals surface area contributed by atoms with Gasteiger partial charge in [0.2, 0.25) is 0 Å². The van der Waals surface area contributed by atoms with Gasteiger partial charge in [0.1, 0.15) is 0 Å². The number of carbonyl (C=O) groups is 1. The summed E-state index contributed by atoms with van der Waals surface area (Å²) in [5.41, 5.74) is 0. The lowest BCUT2D eigenvalue weighted by Gasteiger charge is -2.02. The van der Waals surface area contributed by atoms with E-state index in [2.05, 4.69) is 11.3 Å². The molecule has 0 atom stereocenters. The first-order chi connectivity index (χ1) is 6.54. The van der Waals surface area contributed by atoms with Gasteiger partial charge in [-0.05, 0) is 0 Å². The highest BCUT2D eigenvalue weighted by Crippen LogP contribution is 2.20. The van der Waals surface area contributed by atoms with Crippen molar-refractivity contribution in [1.29, 1.82) is 0 Å². The van der Waals surface area contributed by atoms with Crippen molar-refractivity contribution >= 4 is 5.97 Å². The second kappa shape index (κ2) is 3.95. The summed E-state index contributed by atoms with van der Waals surface area (Å²) in [6, 6.07) is 0.743. The fraction of sp³-hybridized carbons (Fsp3) is 0. The van der Waals surface area contributed by atoms with Crippen LogP contribution in [0.2, 0.25) is 0 Å². The largest absolute Gasteiger partial charge is 0.420 e. The first-order valence-electron chi connectivity index (χ1n) is 3.53. The van der Waals surface area contributed by atoms with Gasteiger partial charge in [-0.2, -0.15) is 0 Å². The second-order valence-corrected chi connectivity index (χ2v) is 2.32. The average molecular weight is 202 g/mol. The number of carbonyl (C=O) groups excluding carboxylic acids is 1. The van der Waals surface area contributed by atoms with Crippen molar-refractivity contribution in [3.63, 3.8) is 0 Å². The quantitative estimate of drug-likeness (QED) is 0.318. The summed E-state index contributed by atoms with van der Waals surface area (Å²) < 4.78 is 42.1. The van der Waals surface area contributed by atoms with Crippen LogP contribution in [0, 0.1) is 17.5 Å². The Morgan fingerprint density at radius 3 is 2.36 bits per heavy atom. The Kier molecular flexibility index (Phi) is 2.91. The second-order valence-electron chi connectivity index (χ2n) is 2.32. The molecule has 1 aromatic carbocycles. The molecule has 0 fully saturated rings. The van der Waals surface area contributed by atoms with E-state index >= 15 is 0 Å². The van der Waals surface area contributed by atoms with E-state index in [4.69, 9.17) is 0 Å². The molecule has 0 aliphatic heterocycles. The Labute approximate surface area is 77.6 Å². The third-order valence-electron chi connectivity index (χ3n) is 1.35. The van der Waals surface area contributed by atoms with Gasteiger partial charge in [0.15, 0.2) is 23.2 Å². The van der Waals surface area contributed by atoms with E-state index in [1.54, 1.807) is 0 Å². The Hall–Kier alpha value is -1.78. The highest BCUT2D eigenvalue weighted by molar-refractivity contribution is 5.83. The molecule has 1 rings (SSSR count). The molecule has 74 valence electrons. The summed E-state index contributed by atoms with van der Waals surface area (Å²) in [5, 5.41) is 0. The number of benzene rings is 1. The standard InChI is InChI=1S/C9H5F3O2/c1-2-9(13)14-8-4-6(11)5(10)3-7(8)12/h2-4H,1H2. The van der Waals surface area contributed by atoms with Gasteiger partial charge >= 0.3 is 5.97 Å². The molecule has 0 heterocycles. The molecular weight excluding hydrogens is 197 g/mol. The summed E-state index contributed by atoms with van der Waals surface area (Å²) in [5.74, 6) is -5.41. The third-order valence-corrected chi connectivity index (χ3v) is 1.35. The number of hydrogen-bond donors (Lipinski definition) is 0. The van der Waals surface area contributed by atoms with E-state index in [1.807, 2.05) is 0 Å². The fourth-order valence-corrected chi connectivity index (χ4v) is 0.733. The maximum absolute atomic E-state index is 12.8. The van der Waals surface area contributed by atoms with E-state index in [9.17, 15) is 18.0 Å². The van der Waals surface area contributed by atoms with Crippen LogP contribution in [-0.2, 0) is 4.79 Å². The SMILES string of the molecule is C=CC(=O)Oc1cc(F)c(F)cc1F. The topological polar surface area (TPSA) is 26.3 Å². The molecule has 0 saturated heterocycles. The van der Waals surface area contributed by atoms with Crippen LogP contribution < -0.4 is 4.74 Å². The lowest BCUT2D eigenvalue weighted by molar-refractivity contribution is -0.129. The van der Waals surface area contributed by atoms with Crippen LogP contribution in [0.1, 0.15) is 0 Å².